The van der Waals surface area contributed by atoms with Crippen LogP contribution >= 0.6 is 21.7 Å². The molecule has 0 aliphatic rings. The van der Waals surface area contributed by atoms with Crippen molar-refractivity contribution in [3.05, 3.63) is 42.6 Å². The third kappa shape index (κ3) is 5.67. The van der Waals surface area contributed by atoms with E-state index in [0.717, 1.165) is 16.7 Å². The molecule has 0 heterocycles. The van der Waals surface area contributed by atoms with Gasteiger partial charge >= 0.3 is 0 Å². The van der Waals surface area contributed by atoms with Crippen LogP contribution in [-0.2, 0) is 9.59 Å². The van der Waals surface area contributed by atoms with Crippen LogP contribution in [0.25, 0.3) is 0 Å². The van der Waals surface area contributed by atoms with Crippen LogP contribution in [0.1, 0.15) is 13.3 Å². The summed E-state index contributed by atoms with van der Waals surface area (Å²) in [5.41, 5.74) is 1.19. The molecule has 1 rings (SSSR count). The minimum Gasteiger partial charge on any atom is -0.326 e. The Bertz CT molecular complexity index is 479. The van der Waals surface area contributed by atoms with Crippen molar-refractivity contribution in [2.75, 3.05) is 17.6 Å². The molecule has 0 radical (unpaired) electrons. The van der Waals surface area contributed by atoms with Crippen molar-refractivity contribution >= 4 is 39.2 Å². The predicted octanol–water partition coefficient (Wildman–Crippen LogP) is 3.26. The Labute approximate surface area is 127 Å². The summed E-state index contributed by atoms with van der Waals surface area (Å²) >= 11 is 0. The number of nitrogens with zero attached hydrogens (tertiary/aromatic N) is 1. The van der Waals surface area contributed by atoms with Gasteiger partial charge in [0.1, 0.15) is 0 Å². The van der Waals surface area contributed by atoms with Crippen molar-refractivity contribution in [2.45, 2.75) is 13.3 Å². The van der Waals surface area contributed by atoms with Crippen molar-refractivity contribution in [2.24, 2.45) is 0 Å². The van der Waals surface area contributed by atoms with Crippen LogP contribution in [0.2, 0.25) is 0 Å². The number of rotatable bonds is 7. The Balaban J connectivity index is 2.54. The number of halogens is 1. The summed E-state index contributed by atoms with van der Waals surface area (Å²) < 4.78 is 0. The van der Waals surface area contributed by atoms with Crippen LogP contribution in [-0.4, -0.2) is 29.0 Å². The quantitative estimate of drug-likeness (QED) is 0.840. The fourth-order valence-electron chi connectivity index (χ4n) is 1.67. The molecule has 1 aromatic carbocycles. The predicted molar refractivity (Wildman–Crippen MR) is 84.5 cm³/mol. The molecule has 108 valence electrons. The Morgan fingerprint density at radius 1 is 1.35 bits per heavy atom. The van der Waals surface area contributed by atoms with Crippen LogP contribution in [0.4, 0.5) is 5.69 Å². The SMILES string of the molecule is C=C(CC(=O)Nc1ccccc1)N(CCSCl)C(C)=O. The van der Waals surface area contributed by atoms with Gasteiger partial charge < -0.3 is 10.2 Å². The number of hydrogen-bond acceptors (Lipinski definition) is 3. The molecule has 1 aromatic rings. The zero-order valence-electron chi connectivity index (χ0n) is 11.3. The largest absolute Gasteiger partial charge is 0.326 e. The Hall–Kier alpha value is -1.46. The van der Waals surface area contributed by atoms with E-state index in [9.17, 15) is 9.59 Å². The van der Waals surface area contributed by atoms with E-state index >= 15 is 0 Å². The molecule has 6 heteroatoms. The average molecular weight is 313 g/mol. The lowest BCUT2D eigenvalue weighted by molar-refractivity contribution is -0.127. The summed E-state index contributed by atoms with van der Waals surface area (Å²) in [7, 11) is 6.66. The zero-order valence-corrected chi connectivity index (χ0v) is 12.8. The van der Waals surface area contributed by atoms with Crippen molar-refractivity contribution in [3.8, 4) is 0 Å². The number of hydrogen-bond donors (Lipinski definition) is 1. The lowest BCUT2D eigenvalue weighted by Crippen LogP contribution is -2.31. The Morgan fingerprint density at radius 3 is 2.55 bits per heavy atom. The van der Waals surface area contributed by atoms with E-state index in [0.29, 0.717) is 18.0 Å². The summed E-state index contributed by atoms with van der Waals surface area (Å²) in [4.78, 5) is 24.9. The normalized spacial score (nSPS) is 9.90. The van der Waals surface area contributed by atoms with Gasteiger partial charge in [0.15, 0.2) is 0 Å². The Morgan fingerprint density at radius 2 is 2.00 bits per heavy atom. The van der Waals surface area contributed by atoms with Gasteiger partial charge in [-0.1, -0.05) is 35.8 Å². The first kappa shape index (κ1) is 16.6. The van der Waals surface area contributed by atoms with Gasteiger partial charge in [-0.3, -0.25) is 9.59 Å². The summed E-state index contributed by atoms with van der Waals surface area (Å²) in [6, 6.07) is 9.14. The van der Waals surface area contributed by atoms with Crippen molar-refractivity contribution in [1.29, 1.82) is 0 Å². The highest BCUT2D eigenvalue weighted by Gasteiger charge is 2.15. The van der Waals surface area contributed by atoms with Gasteiger partial charge in [0.25, 0.3) is 0 Å². The fraction of sp³-hybridized carbons (Fsp3) is 0.286. The first-order valence-corrected chi connectivity index (χ1v) is 7.90. The third-order valence-corrected chi connectivity index (χ3v) is 3.38. The highest BCUT2D eigenvalue weighted by Crippen LogP contribution is 2.13. The minimum absolute atomic E-state index is 0.0709. The average Bonchev–Trinajstić information content (AvgIpc) is 2.39. The highest BCUT2D eigenvalue weighted by atomic mass is 35.7. The molecule has 2 amide bonds. The molecule has 0 spiro atoms. The molecular weight excluding hydrogens is 296 g/mol. The summed E-state index contributed by atoms with van der Waals surface area (Å²) in [5, 5.41) is 2.75. The maximum Gasteiger partial charge on any atom is 0.230 e. The van der Waals surface area contributed by atoms with E-state index in [1.165, 1.54) is 11.8 Å². The van der Waals surface area contributed by atoms with Crippen molar-refractivity contribution < 1.29 is 9.59 Å². The van der Waals surface area contributed by atoms with E-state index in [-0.39, 0.29) is 18.2 Å². The standard InChI is InChI=1S/C14H17ClN2O2S/c1-11(17(12(2)18)8-9-20-15)10-14(19)16-13-6-4-3-5-7-13/h3-7H,1,8-10H2,2H3,(H,16,19). The summed E-state index contributed by atoms with van der Waals surface area (Å²) in [5.74, 6) is 0.236. The minimum atomic E-state index is -0.203. The van der Waals surface area contributed by atoms with E-state index in [1.54, 1.807) is 12.1 Å². The van der Waals surface area contributed by atoms with Crippen LogP contribution in [0.15, 0.2) is 42.6 Å². The third-order valence-electron chi connectivity index (χ3n) is 2.58. The number of anilines is 1. The number of benzene rings is 1. The van der Waals surface area contributed by atoms with Crippen molar-refractivity contribution in [3.63, 3.8) is 0 Å². The van der Waals surface area contributed by atoms with Gasteiger partial charge in [0.2, 0.25) is 11.8 Å². The number of amides is 2. The van der Waals surface area contributed by atoms with Gasteiger partial charge in [-0.05, 0) is 22.8 Å². The zero-order chi connectivity index (χ0) is 15.0. The molecule has 0 saturated heterocycles. The second kappa shape index (κ2) is 8.66. The number of carbonyl (C=O) groups excluding carboxylic acids is 2. The van der Waals surface area contributed by atoms with Gasteiger partial charge in [0, 0.05) is 30.6 Å². The molecule has 20 heavy (non-hydrogen) atoms. The highest BCUT2D eigenvalue weighted by molar-refractivity contribution is 8.21. The molecule has 4 nitrogen and oxygen atoms in total. The second-order valence-corrected chi connectivity index (χ2v) is 5.42. The molecule has 0 atom stereocenters. The molecule has 0 fully saturated rings. The number of para-hydroxylation sites is 1. The van der Waals surface area contributed by atoms with Gasteiger partial charge in [-0.2, -0.15) is 0 Å². The molecule has 0 bridgehead atoms. The molecule has 0 unspecified atom stereocenters. The fourth-order valence-corrected chi connectivity index (χ4v) is 2.13. The van der Waals surface area contributed by atoms with E-state index in [4.69, 9.17) is 10.7 Å². The van der Waals surface area contributed by atoms with E-state index in [1.807, 2.05) is 18.2 Å². The van der Waals surface area contributed by atoms with Crippen molar-refractivity contribution in [1.82, 2.24) is 4.90 Å². The topological polar surface area (TPSA) is 49.4 Å². The van der Waals surface area contributed by atoms with Crippen LogP contribution < -0.4 is 5.32 Å². The van der Waals surface area contributed by atoms with Gasteiger partial charge in [-0.15, -0.1) is 0 Å². The lowest BCUT2D eigenvalue weighted by atomic mass is 10.2. The number of nitrogens with one attached hydrogen (secondary N) is 1. The lowest BCUT2D eigenvalue weighted by Gasteiger charge is -2.22. The molecule has 1 N–H and O–H groups in total. The Kier molecular flexibility index (Phi) is 7.18. The van der Waals surface area contributed by atoms with E-state index in [2.05, 4.69) is 11.9 Å². The smallest absolute Gasteiger partial charge is 0.230 e. The molecule has 0 aromatic heterocycles. The maximum atomic E-state index is 11.9. The number of carbonyl (C=O) groups is 2. The molecule has 0 aliphatic heterocycles. The monoisotopic (exact) mass is 312 g/mol. The van der Waals surface area contributed by atoms with Gasteiger partial charge in [0.05, 0.1) is 6.42 Å². The summed E-state index contributed by atoms with van der Waals surface area (Å²) in [6.45, 7) is 5.69. The molecule has 0 saturated carbocycles. The van der Waals surface area contributed by atoms with Crippen LogP contribution in [0.5, 0.6) is 0 Å². The molecule has 0 aliphatic carbocycles. The summed E-state index contributed by atoms with van der Waals surface area (Å²) in [6.07, 6.45) is 0.0709. The first-order chi connectivity index (χ1) is 9.54. The van der Waals surface area contributed by atoms with Crippen LogP contribution in [0, 0.1) is 0 Å². The van der Waals surface area contributed by atoms with Crippen LogP contribution in [0.3, 0.4) is 0 Å². The molecular formula is C14H17ClN2O2S. The van der Waals surface area contributed by atoms with Gasteiger partial charge in [-0.25, -0.2) is 0 Å². The first-order valence-electron chi connectivity index (χ1n) is 6.09. The maximum absolute atomic E-state index is 11.9. The van der Waals surface area contributed by atoms with E-state index < -0.39 is 0 Å². The second-order valence-electron chi connectivity index (χ2n) is 4.14.